The van der Waals surface area contributed by atoms with E-state index in [-0.39, 0.29) is 5.54 Å². The molecule has 0 aliphatic rings. The lowest BCUT2D eigenvalue weighted by atomic mass is 10.1. The van der Waals surface area contributed by atoms with E-state index in [0.29, 0.717) is 0 Å². The highest BCUT2D eigenvalue weighted by molar-refractivity contribution is 9.10. The second-order valence-corrected chi connectivity index (χ2v) is 6.70. The van der Waals surface area contributed by atoms with E-state index in [1.165, 1.54) is 5.56 Å². The fourth-order valence-electron chi connectivity index (χ4n) is 1.55. The zero-order chi connectivity index (χ0) is 13.6. The third-order valence-electron chi connectivity index (χ3n) is 2.49. The van der Waals surface area contributed by atoms with Crippen molar-refractivity contribution in [2.75, 3.05) is 6.54 Å². The summed E-state index contributed by atoms with van der Waals surface area (Å²) in [5.74, 6) is 0. The Morgan fingerprint density at radius 1 is 1.28 bits per heavy atom. The maximum absolute atomic E-state index is 6.15. The van der Waals surface area contributed by atoms with Gasteiger partial charge in [0.1, 0.15) is 0 Å². The smallest absolute Gasteiger partial charge is 0.0452 e. The van der Waals surface area contributed by atoms with Gasteiger partial charge in [0.05, 0.1) is 0 Å². The van der Waals surface area contributed by atoms with Crippen LogP contribution in [0.5, 0.6) is 0 Å². The number of halogens is 2. The topological polar surface area (TPSA) is 12.0 Å². The molecule has 0 aliphatic carbocycles. The first-order chi connectivity index (χ1) is 8.38. The van der Waals surface area contributed by atoms with Crippen LogP contribution < -0.4 is 5.32 Å². The Hall–Kier alpha value is -0.310. The molecule has 0 amide bonds. The Balaban J connectivity index is 2.32. The summed E-state index contributed by atoms with van der Waals surface area (Å²) < 4.78 is 1.02. The van der Waals surface area contributed by atoms with Crippen molar-refractivity contribution in [1.82, 2.24) is 5.32 Å². The average molecular weight is 331 g/mol. The highest BCUT2D eigenvalue weighted by Gasteiger charge is 2.06. The normalized spacial score (nSPS) is 12.3. The molecule has 0 atom stereocenters. The summed E-state index contributed by atoms with van der Waals surface area (Å²) in [5.41, 5.74) is 1.36. The van der Waals surface area contributed by atoms with E-state index in [0.717, 1.165) is 28.9 Å². The fourth-order valence-corrected chi connectivity index (χ4v) is 2.30. The van der Waals surface area contributed by atoms with Crippen LogP contribution in [-0.4, -0.2) is 12.1 Å². The molecule has 100 valence electrons. The van der Waals surface area contributed by atoms with Crippen molar-refractivity contribution in [2.24, 2.45) is 0 Å². The Labute approximate surface area is 124 Å². The highest BCUT2D eigenvalue weighted by atomic mass is 79.9. The van der Waals surface area contributed by atoms with Crippen LogP contribution in [-0.2, 0) is 6.42 Å². The van der Waals surface area contributed by atoms with Gasteiger partial charge in [-0.1, -0.05) is 45.7 Å². The third-order valence-corrected chi connectivity index (χ3v) is 3.33. The van der Waals surface area contributed by atoms with Gasteiger partial charge in [0, 0.05) is 15.0 Å². The quantitative estimate of drug-likeness (QED) is 0.593. The average Bonchev–Trinajstić information content (AvgIpc) is 2.24. The summed E-state index contributed by atoms with van der Waals surface area (Å²) in [6, 6.07) is 6.02. The second-order valence-electron chi connectivity index (χ2n) is 5.38. The van der Waals surface area contributed by atoms with Gasteiger partial charge in [0.15, 0.2) is 0 Å². The molecule has 0 aliphatic heterocycles. The minimum atomic E-state index is 0.197. The van der Waals surface area contributed by atoms with E-state index in [2.05, 4.69) is 60.2 Å². The molecule has 0 bridgehead atoms. The lowest BCUT2D eigenvalue weighted by Crippen LogP contribution is -2.36. The summed E-state index contributed by atoms with van der Waals surface area (Å²) in [4.78, 5) is 0. The number of hydrogen-bond acceptors (Lipinski definition) is 1. The number of rotatable bonds is 5. The summed E-state index contributed by atoms with van der Waals surface area (Å²) in [5, 5.41) is 4.28. The number of allylic oxidation sites excluding steroid dienone is 1. The van der Waals surface area contributed by atoms with Crippen LogP contribution in [0.2, 0.25) is 5.02 Å². The molecular formula is C15H21BrClN. The summed E-state index contributed by atoms with van der Waals surface area (Å²) in [6.45, 7) is 7.54. The van der Waals surface area contributed by atoms with Crippen LogP contribution in [0.1, 0.15) is 32.8 Å². The van der Waals surface area contributed by atoms with E-state index in [1.807, 2.05) is 12.1 Å². The molecule has 0 fully saturated rings. The molecule has 0 heterocycles. The first-order valence-corrected chi connectivity index (χ1v) is 7.39. The first kappa shape index (κ1) is 15.7. The van der Waals surface area contributed by atoms with Crippen molar-refractivity contribution >= 4 is 27.5 Å². The lowest BCUT2D eigenvalue weighted by molar-refractivity contribution is 0.431. The first-order valence-electron chi connectivity index (χ1n) is 6.22. The van der Waals surface area contributed by atoms with Crippen LogP contribution in [0.4, 0.5) is 0 Å². The molecule has 0 spiro atoms. The Kier molecular flexibility index (Phi) is 6.40. The van der Waals surface area contributed by atoms with E-state index >= 15 is 0 Å². The van der Waals surface area contributed by atoms with Gasteiger partial charge in [-0.2, -0.15) is 0 Å². The van der Waals surface area contributed by atoms with Gasteiger partial charge in [-0.25, -0.2) is 0 Å². The van der Waals surface area contributed by atoms with Gasteiger partial charge in [-0.05, 0) is 57.9 Å². The second kappa shape index (κ2) is 7.32. The molecule has 1 nitrogen and oxygen atoms in total. The zero-order valence-electron chi connectivity index (χ0n) is 11.3. The zero-order valence-corrected chi connectivity index (χ0v) is 13.6. The van der Waals surface area contributed by atoms with Crippen molar-refractivity contribution in [3.05, 3.63) is 45.4 Å². The molecule has 0 radical (unpaired) electrons. The molecule has 0 saturated carbocycles. The van der Waals surface area contributed by atoms with Crippen molar-refractivity contribution in [3.8, 4) is 0 Å². The maximum atomic E-state index is 6.15. The molecule has 3 heteroatoms. The summed E-state index contributed by atoms with van der Waals surface area (Å²) in [7, 11) is 0. The molecule has 0 aromatic heterocycles. The molecule has 18 heavy (non-hydrogen) atoms. The van der Waals surface area contributed by atoms with Crippen molar-refractivity contribution < 1.29 is 0 Å². The standard InChI is InChI=1S/C15H21BrClN/c1-15(2,3)18-10-6-4-5-7-12-8-9-13(16)11-14(12)17/h4-5,8-9,11,18H,6-7,10H2,1-3H3/b5-4+. The molecule has 0 unspecified atom stereocenters. The van der Waals surface area contributed by atoms with Gasteiger partial charge in [0.25, 0.3) is 0 Å². The van der Waals surface area contributed by atoms with Crippen molar-refractivity contribution in [3.63, 3.8) is 0 Å². The van der Waals surface area contributed by atoms with Crippen LogP contribution in [0.25, 0.3) is 0 Å². The van der Waals surface area contributed by atoms with Gasteiger partial charge in [0.2, 0.25) is 0 Å². The SMILES string of the molecule is CC(C)(C)NCC/C=C/Cc1ccc(Br)cc1Cl. The van der Waals surface area contributed by atoms with Crippen molar-refractivity contribution in [1.29, 1.82) is 0 Å². The minimum Gasteiger partial charge on any atom is -0.312 e. The summed E-state index contributed by atoms with van der Waals surface area (Å²) >= 11 is 9.56. The molecule has 1 N–H and O–H groups in total. The van der Waals surface area contributed by atoms with Gasteiger partial charge >= 0.3 is 0 Å². The molecule has 1 aromatic rings. The predicted molar refractivity (Wildman–Crippen MR) is 84.4 cm³/mol. The third kappa shape index (κ3) is 6.58. The van der Waals surface area contributed by atoms with E-state index in [9.17, 15) is 0 Å². The number of nitrogens with one attached hydrogen (secondary N) is 1. The van der Waals surface area contributed by atoms with Crippen LogP contribution >= 0.6 is 27.5 Å². The molecule has 0 saturated heterocycles. The lowest BCUT2D eigenvalue weighted by Gasteiger charge is -2.19. The Morgan fingerprint density at radius 2 is 2.00 bits per heavy atom. The molecular weight excluding hydrogens is 310 g/mol. The largest absolute Gasteiger partial charge is 0.312 e. The predicted octanol–water partition coefficient (Wildman–Crippen LogP) is 4.98. The van der Waals surface area contributed by atoms with Crippen LogP contribution in [0.3, 0.4) is 0 Å². The summed E-state index contributed by atoms with van der Waals surface area (Å²) in [6.07, 6.45) is 6.32. The van der Waals surface area contributed by atoms with Gasteiger partial charge in [-0.15, -0.1) is 0 Å². The van der Waals surface area contributed by atoms with Gasteiger partial charge in [-0.3, -0.25) is 0 Å². The molecule has 1 rings (SSSR count). The Morgan fingerprint density at radius 3 is 2.61 bits per heavy atom. The Bertz CT molecular complexity index is 407. The monoisotopic (exact) mass is 329 g/mol. The highest BCUT2D eigenvalue weighted by Crippen LogP contribution is 2.21. The van der Waals surface area contributed by atoms with E-state index < -0.39 is 0 Å². The number of hydrogen-bond donors (Lipinski definition) is 1. The maximum Gasteiger partial charge on any atom is 0.0452 e. The number of benzene rings is 1. The van der Waals surface area contributed by atoms with Crippen LogP contribution in [0.15, 0.2) is 34.8 Å². The van der Waals surface area contributed by atoms with Gasteiger partial charge < -0.3 is 5.32 Å². The van der Waals surface area contributed by atoms with Crippen molar-refractivity contribution in [2.45, 2.75) is 39.2 Å². The van der Waals surface area contributed by atoms with E-state index in [1.54, 1.807) is 0 Å². The molecule has 1 aromatic carbocycles. The van der Waals surface area contributed by atoms with Crippen LogP contribution in [0, 0.1) is 0 Å². The van der Waals surface area contributed by atoms with E-state index in [4.69, 9.17) is 11.6 Å². The fraction of sp³-hybridized carbons (Fsp3) is 0.467. The minimum absolute atomic E-state index is 0.197.